The van der Waals surface area contributed by atoms with Gasteiger partial charge in [0, 0.05) is 19.0 Å². The van der Waals surface area contributed by atoms with E-state index in [0.717, 1.165) is 18.5 Å². The van der Waals surface area contributed by atoms with E-state index in [1.54, 1.807) is 7.05 Å². The second kappa shape index (κ2) is 5.52. The van der Waals surface area contributed by atoms with Crippen LogP contribution in [0.25, 0.3) is 0 Å². The van der Waals surface area contributed by atoms with Crippen LogP contribution in [0.3, 0.4) is 0 Å². The molecule has 0 aromatic carbocycles. The highest BCUT2D eigenvalue weighted by Crippen LogP contribution is 2.42. The molecule has 7 nitrogen and oxygen atoms in total. The monoisotopic (exact) mass is 279 g/mol. The molecular formula is C13H21N5O2. The fourth-order valence-corrected chi connectivity index (χ4v) is 2.05. The van der Waals surface area contributed by atoms with E-state index in [1.807, 2.05) is 13.8 Å². The van der Waals surface area contributed by atoms with Crippen LogP contribution in [0.5, 0.6) is 0 Å². The quantitative estimate of drug-likeness (QED) is 0.728. The smallest absolute Gasteiger partial charge is 0.276 e. The van der Waals surface area contributed by atoms with Gasteiger partial charge in [0.1, 0.15) is 0 Å². The van der Waals surface area contributed by atoms with Crippen LogP contribution in [0.15, 0.2) is 0 Å². The van der Waals surface area contributed by atoms with Crippen molar-refractivity contribution >= 4 is 17.5 Å². The number of carbonyl (C=O) groups excluding carboxylic acids is 2. The summed E-state index contributed by atoms with van der Waals surface area (Å²) in [5.41, 5.74) is 7.41. The lowest BCUT2D eigenvalue weighted by Crippen LogP contribution is -2.41. The molecule has 1 saturated carbocycles. The summed E-state index contributed by atoms with van der Waals surface area (Å²) in [6, 6.07) is 0.0444. The third kappa shape index (κ3) is 3.09. The zero-order valence-electron chi connectivity index (χ0n) is 12.1. The molecule has 20 heavy (non-hydrogen) atoms. The third-order valence-electron chi connectivity index (χ3n) is 3.20. The van der Waals surface area contributed by atoms with E-state index in [0.29, 0.717) is 11.6 Å². The normalized spacial score (nSPS) is 14.4. The first-order valence-corrected chi connectivity index (χ1v) is 6.78. The van der Waals surface area contributed by atoms with Crippen molar-refractivity contribution in [2.45, 2.75) is 38.6 Å². The van der Waals surface area contributed by atoms with Gasteiger partial charge in [-0.05, 0) is 26.7 Å². The molecular weight excluding hydrogens is 258 g/mol. The summed E-state index contributed by atoms with van der Waals surface area (Å²) in [4.78, 5) is 25.2. The summed E-state index contributed by atoms with van der Waals surface area (Å²) in [7, 11) is 1.56. The first kappa shape index (κ1) is 14.4. The van der Waals surface area contributed by atoms with Gasteiger partial charge in [-0.25, -0.2) is 0 Å². The Balaban J connectivity index is 2.01. The van der Waals surface area contributed by atoms with Gasteiger partial charge in [-0.3, -0.25) is 14.7 Å². The second-order valence-corrected chi connectivity index (χ2v) is 5.56. The van der Waals surface area contributed by atoms with E-state index in [4.69, 9.17) is 5.73 Å². The molecule has 1 aromatic heterocycles. The Labute approximate surface area is 117 Å². The SMILES string of the molecule is CC(C)NC(=O)CN(C)C(=O)c1n[nH]c(C2CC2)c1N. The minimum Gasteiger partial charge on any atom is -0.395 e. The average Bonchev–Trinajstić information content (AvgIpc) is 3.11. The van der Waals surface area contributed by atoms with Crippen LogP contribution < -0.4 is 11.1 Å². The number of nitrogens with two attached hydrogens (primary N) is 1. The molecule has 0 saturated heterocycles. The molecule has 0 atom stereocenters. The number of rotatable bonds is 5. The molecule has 0 aliphatic heterocycles. The maximum atomic E-state index is 12.2. The van der Waals surface area contributed by atoms with Crippen molar-refractivity contribution in [2.75, 3.05) is 19.3 Å². The van der Waals surface area contributed by atoms with Gasteiger partial charge in [-0.1, -0.05) is 0 Å². The Morgan fingerprint density at radius 2 is 2.15 bits per heavy atom. The first-order chi connectivity index (χ1) is 9.40. The molecule has 2 rings (SSSR count). The van der Waals surface area contributed by atoms with E-state index in [2.05, 4.69) is 15.5 Å². The molecule has 0 bridgehead atoms. The minimum absolute atomic E-state index is 0.0118. The Morgan fingerprint density at radius 1 is 1.50 bits per heavy atom. The Morgan fingerprint density at radius 3 is 2.70 bits per heavy atom. The maximum Gasteiger partial charge on any atom is 0.276 e. The number of aromatic amines is 1. The largest absolute Gasteiger partial charge is 0.395 e. The van der Waals surface area contributed by atoms with E-state index >= 15 is 0 Å². The zero-order chi connectivity index (χ0) is 14.9. The van der Waals surface area contributed by atoms with Gasteiger partial charge in [0.2, 0.25) is 5.91 Å². The van der Waals surface area contributed by atoms with Gasteiger partial charge in [-0.15, -0.1) is 0 Å². The topological polar surface area (TPSA) is 104 Å². The van der Waals surface area contributed by atoms with Crippen molar-refractivity contribution < 1.29 is 9.59 Å². The number of nitrogen functional groups attached to an aromatic ring is 1. The molecule has 1 aliphatic rings. The van der Waals surface area contributed by atoms with Crippen molar-refractivity contribution in [2.24, 2.45) is 0 Å². The van der Waals surface area contributed by atoms with E-state index in [1.165, 1.54) is 4.90 Å². The lowest BCUT2D eigenvalue weighted by molar-refractivity contribution is -0.122. The van der Waals surface area contributed by atoms with E-state index in [9.17, 15) is 9.59 Å². The molecule has 1 aliphatic carbocycles. The predicted molar refractivity (Wildman–Crippen MR) is 75.2 cm³/mol. The number of H-pyrrole nitrogens is 1. The van der Waals surface area contributed by atoms with Crippen molar-refractivity contribution in [3.63, 3.8) is 0 Å². The number of hydrogen-bond acceptors (Lipinski definition) is 4. The summed E-state index contributed by atoms with van der Waals surface area (Å²) < 4.78 is 0. The van der Waals surface area contributed by atoms with Crippen LogP contribution in [0.1, 0.15) is 48.8 Å². The molecule has 2 amide bonds. The maximum absolute atomic E-state index is 12.2. The fraction of sp³-hybridized carbons (Fsp3) is 0.615. The first-order valence-electron chi connectivity index (χ1n) is 6.78. The van der Waals surface area contributed by atoms with Gasteiger partial charge in [0.25, 0.3) is 5.91 Å². The lowest BCUT2D eigenvalue weighted by Gasteiger charge is -2.17. The summed E-state index contributed by atoms with van der Waals surface area (Å²) in [5.74, 6) is -0.143. The molecule has 1 aromatic rings. The number of likely N-dealkylation sites (N-methyl/N-ethyl adjacent to an activating group) is 1. The molecule has 4 N–H and O–H groups in total. The Bertz CT molecular complexity index is 519. The molecule has 0 radical (unpaired) electrons. The molecule has 0 spiro atoms. The third-order valence-corrected chi connectivity index (χ3v) is 3.20. The number of hydrogen-bond donors (Lipinski definition) is 3. The van der Waals surface area contributed by atoms with Gasteiger partial charge >= 0.3 is 0 Å². The van der Waals surface area contributed by atoms with Gasteiger partial charge in [0.15, 0.2) is 5.69 Å². The average molecular weight is 279 g/mol. The fourth-order valence-electron chi connectivity index (χ4n) is 2.05. The van der Waals surface area contributed by atoms with Crippen LogP contribution in [0, 0.1) is 0 Å². The summed E-state index contributed by atoms with van der Waals surface area (Å²) in [5, 5.41) is 9.56. The highest BCUT2D eigenvalue weighted by Gasteiger charge is 2.31. The molecule has 1 fully saturated rings. The highest BCUT2D eigenvalue weighted by atomic mass is 16.2. The number of nitrogens with one attached hydrogen (secondary N) is 2. The number of nitrogens with zero attached hydrogens (tertiary/aromatic N) is 2. The van der Waals surface area contributed by atoms with Gasteiger partial charge < -0.3 is 16.0 Å². The molecule has 7 heteroatoms. The van der Waals surface area contributed by atoms with Crippen LogP contribution in [-0.4, -0.2) is 46.5 Å². The number of anilines is 1. The number of aromatic nitrogens is 2. The minimum atomic E-state index is -0.343. The summed E-state index contributed by atoms with van der Waals surface area (Å²) in [6.07, 6.45) is 2.15. The second-order valence-electron chi connectivity index (χ2n) is 5.56. The van der Waals surface area contributed by atoms with Crippen LogP contribution in [0.4, 0.5) is 5.69 Å². The summed E-state index contributed by atoms with van der Waals surface area (Å²) >= 11 is 0. The number of amides is 2. The van der Waals surface area contributed by atoms with Gasteiger partial charge in [-0.2, -0.15) is 5.10 Å². The van der Waals surface area contributed by atoms with Crippen molar-refractivity contribution in [1.29, 1.82) is 0 Å². The van der Waals surface area contributed by atoms with Crippen molar-refractivity contribution in [3.8, 4) is 0 Å². The molecule has 110 valence electrons. The zero-order valence-corrected chi connectivity index (χ0v) is 12.1. The standard InChI is InChI=1S/C13H21N5O2/c1-7(2)15-9(19)6-18(3)13(20)12-10(14)11(16-17-12)8-4-5-8/h7-8H,4-6,14H2,1-3H3,(H,15,19)(H,16,17). The van der Waals surface area contributed by atoms with E-state index < -0.39 is 0 Å². The predicted octanol–water partition coefficient (Wildman–Crippen LogP) is 0.466. The van der Waals surface area contributed by atoms with Crippen LogP contribution in [0.2, 0.25) is 0 Å². The highest BCUT2D eigenvalue weighted by molar-refractivity contribution is 5.99. The molecule has 0 unspecified atom stereocenters. The van der Waals surface area contributed by atoms with E-state index in [-0.39, 0.29) is 30.1 Å². The van der Waals surface area contributed by atoms with Crippen molar-refractivity contribution in [1.82, 2.24) is 20.4 Å². The number of carbonyl (C=O) groups is 2. The summed E-state index contributed by atoms with van der Waals surface area (Å²) in [6.45, 7) is 3.72. The molecule has 1 heterocycles. The van der Waals surface area contributed by atoms with Crippen LogP contribution >= 0.6 is 0 Å². The lowest BCUT2D eigenvalue weighted by atomic mass is 10.2. The Hall–Kier alpha value is -2.05. The van der Waals surface area contributed by atoms with Gasteiger partial charge in [0.05, 0.1) is 17.9 Å². The van der Waals surface area contributed by atoms with Crippen molar-refractivity contribution in [3.05, 3.63) is 11.4 Å². The van der Waals surface area contributed by atoms with Crippen LogP contribution in [-0.2, 0) is 4.79 Å². The Kier molecular flexibility index (Phi) is 3.96.